The quantitative estimate of drug-likeness (QED) is 0.817. The first kappa shape index (κ1) is 19.8. The Balaban J connectivity index is 1.61. The van der Waals surface area contributed by atoms with Gasteiger partial charge in [0.15, 0.2) is 0 Å². The third-order valence-electron chi connectivity index (χ3n) is 5.21. The Morgan fingerprint density at radius 2 is 2.11 bits per heavy atom. The molecule has 1 saturated carbocycles. The summed E-state index contributed by atoms with van der Waals surface area (Å²) in [6.07, 6.45) is 4.49. The molecule has 2 fully saturated rings. The molecule has 0 radical (unpaired) electrons. The van der Waals surface area contributed by atoms with Crippen LogP contribution >= 0.6 is 0 Å². The number of nitrogens with one attached hydrogen (secondary N) is 1. The summed E-state index contributed by atoms with van der Waals surface area (Å²) in [5.74, 6) is -0.0467. The molecule has 0 bridgehead atoms. The van der Waals surface area contributed by atoms with Crippen molar-refractivity contribution in [1.29, 1.82) is 0 Å². The fourth-order valence-corrected chi connectivity index (χ4v) is 3.75. The molecule has 3 atom stereocenters. The maximum absolute atomic E-state index is 12.8. The number of hydrogen-bond acceptors (Lipinski definition) is 5. The molecule has 27 heavy (non-hydrogen) atoms. The number of hydrogen-bond donors (Lipinski definition) is 1. The van der Waals surface area contributed by atoms with Crippen LogP contribution in [0.25, 0.3) is 0 Å². The molecule has 7 heteroatoms. The maximum atomic E-state index is 12.8. The van der Waals surface area contributed by atoms with E-state index in [1.165, 1.54) is 0 Å². The Morgan fingerprint density at radius 3 is 2.81 bits per heavy atom. The van der Waals surface area contributed by atoms with E-state index >= 15 is 0 Å². The van der Waals surface area contributed by atoms with Gasteiger partial charge in [0.2, 0.25) is 5.91 Å². The van der Waals surface area contributed by atoms with Crippen molar-refractivity contribution in [2.75, 3.05) is 32.9 Å². The molecule has 0 spiro atoms. The van der Waals surface area contributed by atoms with Gasteiger partial charge in [0.1, 0.15) is 5.69 Å². The van der Waals surface area contributed by atoms with Gasteiger partial charge in [-0.05, 0) is 37.8 Å². The summed E-state index contributed by atoms with van der Waals surface area (Å²) in [6, 6.07) is 5.18. The molecule has 2 heterocycles. The predicted molar refractivity (Wildman–Crippen MR) is 100 cm³/mol. The molecule has 2 aliphatic rings. The number of aromatic nitrogens is 1. The lowest BCUT2D eigenvalue weighted by Gasteiger charge is -2.38. The molecule has 1 aromatic rings. The van der Waals surface area contributed by atoms with E-state index in [2.05, 4.69) is 17.2 Å². The number of carbonyl (C=O) groups excluding carboxylic acids is 2. The molecular formula is C20H29N3O4. The smallest absolute Gasteiger partial charge is 0.270 e. The van der Waals surface area contributed by atoms with Gasteiger partial charge in [-0.25, -0.2) is 0 Å². The first-order valence-electron chi connectivity index (χ1n) is 9.89. The Bertz CT molecular complexity index is 619. The summed E-state index contributed by atoms with van der Waals surface area (Å²) in [5, 5.41) is 3.06. The van der Waals surface area contributed by atoms with Crippen LogP contribution < -0.4 is 5.32 Å². The molecule has 1 saturated heterocycles. The van der Waals surface area contributed by atoms with Gasteiger partial charge in [0.25, 0.3) is 5.91 Å². The number of nitrogens with zero attached hydrogens (tertiary/aromatic N) is 2. The second-order valence-corrected chi connectivity index (χ2v) is 7.15. The van der Waals surface area contributed by atoms with Crippen LogP contribution in [-0.2, 0) is 14.3 Å². The monoisotopic (exact) mass is 375 g/mol. The van der Waals surface area contributed by atoms with E-state index in [4.69, 9.17) is 9.47 Å². The predicted octanol–water partition coefficient (Wildman–Crippen LogP) is 1.63. The molecule has 1 N–H and O–H groups in total. The zero-order chi connectivity index (χ0) is 19.1. The van der Waals surface area contributed by atoms with Gasteiger partial charge in [-0.2, -0.15) is 0 Å². The average Bonchev–Trinajstić information content (AvgIpc) is 2.73. The second-order valence-electron chi connectivity index (χ2n) is 7.15. The summed E-state index contributed by atoms with van der Waals surface area (Å²) in [6.45, 7) is 5.22. The third-order valence-corrected chi connectivity index (χ3v) is 5.21. The summed E-state index contributed by atoms with van der Waals surface area (Å²) in [4.78, 5) is 31.3. The molecule has 1 aliphatic heterocycles. The van der Waals surface area contributed by atoms with E-state index < -0.39 is 0 Å². The van der Waals surface area contributed by atoms with Crippen molar-refractivity contribution in [3.8, 4) is 0 Å². The van der Waals surface area contributed by atoms with E-state index in [9.17, 15) is 9.59 Å². The van der Waals surface area contributed by atoms with Gasteiger partial charge < -0.3 is 19.7 Å². The number of ether oxygens (including phenoxy) is 2. The largest absolute Gasteiger partial charge is 0.378 e. The van der Waals surface area contributed by atoms with Crippen LogP contribution in [0.3, 0.4) is 0 Å². The van der Waals surface area contributed by atoms with Gasteiger partial charge >= 0.3 is 0 Å². The summed E-state index contributed by atoms with van der Waals surface area (Å²) in [7, 11) is 0. The van der Waals surface area contributed by atoms with Gasteiger partial charge in [0.05, 0.1) is 25.4 Å². The Kier molecular flexibility index (Phi) is 7.18. The summed E-state index contributed by atoms with van der Waals surface area (Å²) < 4.78 is 11.4. The van der Waals surface area contributed by atoms with Gasteiger partial charge in [0, 0.05) is 31.8 Å². The van der Waals surface area contributed by atoms with Crippen molar-refractivity contribution in [3.05, 3.63) is 30.1 Å². The molecule has 1 aliphatic carbocycles. The van der Waals surface area contributed by atoms with Crippen molar-refractivity contribution in [2.24, 2.45) is 5.92 Å². The van der Waals surface area contributed by atoms with E-state index in [-0.39, 0.29) is 29.9 Å². The third kappa shape index (κ3) is 5.26. The number of pyridine rings is 1. The van der Waals surface area contributed by atoms with Crippen LogP contribution in [0.2, 0.25) is 0 Å². The molecule has 0 unspecified atom stereocenters. The highest BCUT2D eigenvalue weighted by molar-refractivity contribution is 5.92. The molecule has 7 nitrogen and oxygen atoms in total. The standard InChI is InChI=1S/C20H29N3O4/c1-2-11-27-18-14-15(20(25)23-9-12-26-13-10-23)6-7-16(18)22-19(24)17-5-3-4-8-21-17/h3-5,8,15-16,18H,2,6-7,9-14H2,1H3,(H,22,24)/t15-,16-,18-/m0/s1. The lowest BCUT2D eigenvalue weighted by Crippen LogP contribution is -2.51. The van der Waals surface area contributed by atoms with Crippen molar-refractivity contribution in [2.45, 2.75) is 44.8 Å². The van der Waals surface area contributed by atoms with Crippen molar-refractivity contribution >= 4 is 11.8 Å². The average molecular weight is 375 g/mol. The van der Waals surface area contributed by atoms with Gasteiger partial charge in [-0.1, -0.05) is 13.0 Å². The minimum Gasteiger partial charge on any atom is -0.378 e. The Labute approximate surface area is 160 Å². The van der Waals surface area contributed by atoms with Crippen LogP contribution in [-0.4, -0.2) is 66.8 Å². The van der Waals surface area contributed by atoms with Gasteiger partial charge in [-0.3, -0.25) is 14.6 Å². The van der Waals surface area contributed by atoms with Crippen molar-refractivity contribution in [1.82, 2.24) is 15.2 Å². The highest BCUT2D eigenvalue weighted by Crippen LogP contribution is 2.29. The van der Waals surface area contributed by atoms with E-state index in [1.54, 1.807) is 24.4 Å². The van der Waals surface area contributed by atoms with E-state index in [0.717, 1.165) is 19.3 Å². The van der Waals surface area contributed by atoms with Crippen LogP contribution in [0.15, 0.2) is 24.4 Å². The number of carbonyl (C=O) groups is 2. The highest BCUT2D eigenvalue weighted by Gasteiger charge is 2.37. The van der Waals surface area contributed by atoms with Crippen LogP contribution in [0.5, 0.6) is 0 Å². The molecule has 3 rings (SSSR count). The second kappa shape index (κ2) is 9.80. The zero-order valence-corrected chi connectivity index (χ0v) is 15.9. The molecule has 0 aromatic carbocycles. The molecular weight excluding hydrogens is 346 g/mol. The Morgan fingerprint density at radius 1 is 1.30 bits per heavy atom. The van der Waals surface area contributed by atoms with Gasteiger partial charge in [-0.15, -0.1) is 0 Å². The highest BCUT2D eigenvalue weighted by atomic mass is 16.5. The minimum atomic E-state index is -0.191. The van der Waals surface area contributed by atoms with Crippen LogP contribution in [0.4, 0.5) is 0 Å². The topological polar surface area (TPSA) is 80.8 Å². The van der Waals surface area contributed by atoms with Crippen molar-refractivity contribution < 1.29 is 19.1 Å². The number of rotatable bonds is 6. The maximum Gasteiger partial charge on any atom is 0.270 e. The van der Waals surface area contributed by atoms with E-state index in [0.29, 0.717) is 45.0 Å². The first-order valence-corrected chi connectivity index (χ1v) is 9.89. The SMILES string of the molecule is CCCO[C@H]1C[C@@H](C(=O)N2CCOCC2)CC[C@@H]1NC(=O)c1ccccn1. The van der Waals surface area contributed by atoms with Crippen molar-refractivity contribution in [3.63, 3.8) is 0 Å². The van der Waals surface area contributed by atoms with Crippen LogP contribution in [0.1, 0.15) is 43.1 Å². The zero-order valence-electron chi connectivity index (χ0n) is 15.9. The molecule has 2 amide bonds. The molecule has 1 aromatic heterocycles. The fourth-order valence-electron chi connectivity index (χ4n) is 3.75. The normalized spacial score (nSPS) is 25.8. The van der Waals surface area contributed by atoms with Crippen LogP contribution in [0, 0.1) is 5.92 Å². The number of amides is 2. The Hall–Kier alpha value is -1.99. The lowest BCUT2D eigenvalue weighted by atomic mass is 9.82. The minimum absolute atomic E-state index is 0.0482. The van der Waals surface area contributed by atoms with E-state index in [1.807, 2.05) is 4.90 Å². The fraction of sp³-hybridized carbons (Fsp3) is 0.650. The number of morpholine rings is 1. The molecule has 148 valence electrons. The first-order chi connectivity index (χ1) is 13.2. The summed E-state index contributed by atoms with van der Waals surface area (Å²) in [5.41, 5.74) is 0.401. The summed E-state index contributed by atoms with van der Waals surface area (Å²) >= 11 is 0. The lowest BCUT2D eigenvalue weighted by molar-refractivity contribution is -0.143.